The highest BCUT2D eigenvalue weighted by Crippen LogP contribution is 2.47. The van der Waals surface area contributed by atoms with Crippen molar-refractivity contribution in [1.82, 2.24) is 0 Å². The predicted molar refractivity (Wildman–Crippen MR) is 136 cm³/mol. The van der Waals surface area contributed by atoms with Gasteiger partial charge in [0.2, 0.25) is 0 Å². The first-order valence-electron chi connectivity index (χ1n) is 11.5. The SMILES string of the molecule is O=C1c2ccccc2-c2c1ccc1c3c(ccc21)OC(c1ccccc1)(c1ccccc1)C=C3. The largest absolute Gasteiger partial charge is 0.473 e. The van der Waals surface area contributed by atoms with Gasteiger partial charge < -0.3 is 4.74 Å². The van der Waals surface area contributed by atoms with Gasteiger partial charge in [-0.2, -0.15) is 0 Å². The van der Waals surface area contributed by atoms with E-state index in [1.54, 1.807) is 0 Å². The normalized spacial score (nSPS) is 14.9. The van der Waals surface area contributed by atoms with Gasteiger partial charge in [0, 0.05) is 33.4 Å². The molecule has 2 heteroatoms. The van der Waals surface area contributed by atoms with Gasteiger partial charge in [-0.1, -0.05) is 97.1 Å². The lowest BCUT2D eigenvalue weighted by Crippen LogP contribution is -2.34. The van der Waals surface area contributed by atoms with Crippen LogP contribution in [-0.2, 0) is 5.60 Å². The van der Waals surface area contributed by atoms with Crippen molar-refractivity contribution >= 4 is 22.6 Å². The highest BCUT2D eigenvalue weighted by Gasteiger charge is 2.37. The van der Waals surface area contributed by atoms with Crippen molar-refractivity contribution in [2.75, 3.05) is 0 Å². The summed E-state index contributed by atoms with van der Waals surface area (Å²) in [6.45, 7) is 0. The van der Waals surface area contributed by atoms with Gasteiger partial charge in [0.15, 0.2) is 11.4 Å². The number of fused-ring (bicyclic) bond motifs is 7. The van der Waals surface area contributed by atoms with E-state index in [-0.39, 0.29) is 5.78 Å². The van der Waals surface area contributed by atoms with Gasteiger partial charge in [0.25, 0.3) is 0 Å². The van der Waals surface area contributed by atoms with Crippen molar-refractivity contribution in [3.63, 3.8) is 0 Å². The Balaban J connectivity index is 1.45. The third-order valence-corrected chi connectivity index (χ3v) is 7.05. The van der Waals surface area contributed by atoms with Gasteiger partial charge in [-0.3, -0.25) is 4.79 Å². The molecule has 160 valence electrons. The Morgan fingerprint density at radius 1 is 0.559 bits per heavy atom. The molecule has 0 spiro atoms. The standard InChI is InChI=1S/C32H20O2/c33-31-27-14-8-7-13-25(27)30-26-17-18-29-24(23(26)15-16-28(30)31)19-20-32(34-29,21-9-3-1-4-10-21)22-11-5-2-6-12-22/h1-20H. The molecular formula is C32H20O2. The highest BCUT2D eigenvalue weighted by molar-refractivity contribution is 6.26. The number of carbonyl (C=O) groups excluding carboxylic acids is 1. The highest BCUT2D eigenvalue weighted by atomic mass is 16.5. The molecule has 5 aromatic rings. The Kier molecular flexibility index (Phi) is 3.95. The van der Waals surface area contributed by atoms with E-state index >= 15 is 0 Å². The van der Waals surface area contributed by atoms with Gasteiger partial charge in [-0.15, -0.1) is 0 Å². The van der Waals surface area contributed by atoms with Crippen molar-refractivity contribution in [3.8, 4) is 16.9 Å². The molecule has 0 bridgehead atoms. The molecule has 1 aliphatic heterocycles. The summed E-state index contributed by atoms with van der Waals surface area (Å²) in [5, 5.41) is 2.17. The third-order valence-electron chi connectivity index (χ3n) is 7.05. The molecule has 0 radical (unpaired) electrons. The number of hydrogen-bond donors (Lipinski definition) is 0. The summed E-state index contributed by atoms with van der Waals surface area (Å²) in [5.41, 5.74) is 6.09. The molecule has 0 amide bonds. The quantitative estimate of drug-likeness (QED) is 0.283. The monoisotopic (exact) mass is 436 g/mol. The number of benzene rings is 5. The molecule has 0 aromatic heterocycles. The average Bonchev–Trinajstić information content (AvgIpc) is 3.21. The van der Waals surface area contributed by atoms with Crippen LogP contribution in [0.1, 0.15) is 32.6 Å². The lowest BCUT2D eigenvalue weighted by Gasteiger charge is -2.36. The van der Waals surface area contributed by atoms with E-state index < -0.39 is 5.60 Å². The zero-order valence-electron chi connectivity index (χ0n) is 18.4. The Morgan fingerprint density at radius 3 is 1.88 bits per heavy atom. The van der Waals surface area contributed by atoms with E-state index in [4.69, 9.17) is 4.74 Å². The number of carbonyl (C=O) groups is 1. The summed E-state index contributed by atoms with van der Waals surface area (Å²) in [5.74, 6) is 0.935. The molecule has 1 heterocycles. The summed E-state index contributed by atoms with van der Waals surface area (Å²) in [6, 6.07) is 36.7. The summed E-state index contributed by atoms with van der Waals surface area (Å²) >= 11 is 0. The Morgan fingerprint density at radius 2 is 1.18 bits per heavy atom. The van der Waals surface area contributed by atoms with Crippen molar-refractivity contribution in [1.29, 1.82) is 0 Å². The van der Waals surface area contributed by atoms with Gasteiger partial charge in [-0.05, 0) is 40.6 Å². The molecule has 2 nitrogen and oxygen atoms in total. The zero-order chi connectivity index (χ0) is 22.7. The minimum absolute atomic E-state index is 0.101. The molecule has 0 fully saturated rings. The Labute approximate surface area is 197 Å². The molecule has 1 aliphatic carbocycles. The molecule has 2 aliphatic rings. The first-order chi connectivity index (χ1) is 16.8. The van der Waals surface area contributed by atoms with Crippen LogP contribution in [0, 0.1) is 0 Å². The van der Waals surface area contributed by atoms with Crippen molar-refractivity contribution in [3.05, 3.63) is 143 Å². The summed E-state index contributed by atoms with van der Waals surface area (Å²) in [4.78, 5) is 13.0. The second kappa shape index (κ2) is 7.03. The molecular weight excluding hydrogens is 416 g/mol. The van der Waals surface area contributed by atoms with Crippen LogP contribution in [0.2, 0.25) is 0 Å². The van der Waals surface area contributed by atoms with E-state index in [1.165, 1.54) is 0 Å². The van der Waals surface area contributed by atoms with Gasteiger partial charge >= 0.3 is 0 Å². The van der Waals surface area contributed by atoms with E-state index in [2.05, 4.69) is 48.6 Å². The minimum Gasteiger partial charge on any atom is -0.473 e. The van der Waals surface area contributed by atoms with E-state index in [0.29, 0.717) is 0 Å². The molecule has 0 saturated heterocycles. The van der Waals surface area contributed by atoms with E-state index in [1.807, 2.05) is 72.8 Å². The van der Waals surface area contributed by atoms with Gasteiger partial charge in [-0.25, -0.2) is 0 Å². The van der Waals surface area contributed by atoms with Crippen LogP contribution in [0.3, 0.4) is 0 Å². The molecule has 0 unspecified atom stereocenters. The molecule has 7 rings (SSSR count). The molecule has 5 aromatic carbocycles. The maximum atomic E-state index is 13.0. The topological polar surface area (TPSA) is 26.3 Å². The first kappa shape index (κ1) is 19.1. The van der Waals surface area contributed by atoms with Crippen molar-refractivity contribution < 1.29 is 9.53 Å². The van der Waals surface area contributed by atoms with Gasteiger partial charge in [0.1, 0.15) is 5.75 Å². The maximum Gasteiger partial charge on any atom is 0.194 e. The van der Waals surface area contributed by atoms with Crippen LogP contribution in [0.4, 0.5) is 0 Å². The van der Waals surface area contributed by atoms with Crippen LogP contribution >= 0.6 is 0 Å². The molecule has 34 heavy (non-hydrogen) atoms. The Bertz CT molecular complexity index is 1590. The van der Waals surface area contributed by atoms with Crippen LogP contribution in [0.15, 0.2) is 115 Å². The smallest absolute Gasteiger partial charge is 0.194 e. The lowest BCUT2D eigenvalue weighted by molar-refractivity contribution is 0.104. The van der Waals surface area contributed by atoms with Crippen LogP contribution in [-0.4, -0.2) is 5.78 Å². The fourth-order valence-corrected chi connectivity index (χ4v) is 5.45. The minimum atomic E-state index is -0.706. The number of ether oxygens (including phenoxy) is 1. The fourth-order valence-electron chi connectivity index (χ4n) is 5.45. The van der Waals surface area contributed by atoms with Crippen LogP contribution in [0.25, 0.3) is 28.0 Å². The maximum absolute atomic E-state index is 13.0. The zero-order valence-corrected chi connectivity index (χ0v) is 18.4. The van der Waals surface area contributed by atoms with Gasteiger partial charge in [0.05, 0.1) is 0 Å². The van der Waals surface area contributed by atoms with Crippen LogP contribution in [0.5, 0.6) is 5.75 Å². The van der Waals surface area contributed by atoms with Crippen molar-refractivity contribution in [2.24, 2.45) is 0 Å². The lowest BCUT2D eigenvalue weighted by atomic mass is 9.83. The van der Waals surface area contributed by atoms with E-state index in [0.717, 1.165) is 55.5 Å². The van der Waals surface area contributed by atoms with E-state index in [9.17, 15) is 4.79 Å². The second-order valence-electron chi connectivity index (χ2n) is 8.84. The molecule has 0 saturated carbocycles. The van der Waals surface area contributed by atoms with Crippen molar-refractivity contribution in [2.45, 2.75) is 5.60 Å². The molecule has 0 atom stereocenters. The Hall–Kier alpha value is -4.43. The number of hydrogen-bond acceptors (Lipinski definition) is 2. The number of ketones is 1. The first-order valence-corrected chi connectivity index (χ1v) is 11.5. The summed E-state index contributed by atoms with van der Waals surface area (Å²) in [6.07, 6.45) is 4.34. The summed E-state index contributed by atoms with van der Waals surface area (Å²) in [7, 11) is 0. The molecule has 0 N–H and O–H groups in total. The average molecular weight is 437 g/mol. The third kappa shape index (κ3) is 2.54. The number of rotatable bonds is 2. The fraction of sp³-hybridized carbons (Fsp3) is 0.0312. The predicted octanol–water partition coefficient (Wildman–Crippen LogP) is 7.40. The second-order valence-corrected chi connectivity index (χ2v) is 8.84. The summed E-state index contributed by atoms with van der Waals surface area (Å²) < 4.78 is 6.86. The van der Waals surface area contributed by atoms with Crippen LogP contribution < -0.4 is 4.74 Å².